The van der Waals surface area contributed by atoms with E-state index in [9.17, 15) is 29.1 Å². The molecule has 4 aliphatic rings. The van der Waals surface area contributed by atoms with E-state index in [0.29, 0.717) is 30.9 Å². The monoisotopic (exact) mass is 602 g/mol. The number of rotatable bonds is 11. The first-order valence-electron chi connectivity index (χ1n) is 14.0. The van der Waals surface area contributed by atoms with E-state index in [4.69, 9.17) is 29.2 Å². The minimum atomic E-state index is -1.70. The summed E-state index contributed by atoms with van der Waals surface area (Å²) in [7, 11) is 3.52. The molecule has 1 amide bonds. The Labute approximate surface area is 246 Å². The molecule has 1 saturated heterocycles. The molecule has 14 heteroatoms. The van der Waals surface area contributed by atoms with Gasteiger partial charge in [-0.3, -0.25) is 19.2 Å². The number of likely N-dealkylation sites (tertiary alicyclic amines) is 1. The maximum atomic E-state index is 12.9. The fraction of sp³-hybridized carbons (Fsp3) is 0.552. The Hall–Kier alpha value is -4.17. The lowest BCUT2D eigenvalue weighted by molar-refractivity contribution is -0.169. The van der Waals surface area contributed by atoms with Crippen molar-refractivity contribution in [3.8, 4) is 11.5 Å². The average molecular weight is 603 g/mol. The summed E-state index contributed by atoms with van der Waals surface area (Å²) < 4.78 is 22.7. The van der Waals surface area contributed by atoms with E-state index >= 15 is 0 Å². The number of nitrogens with one attached hydrogen (secondary N) is 1. The first-order valence-corrected chi connectivity index (χ1v) is 14.0. The Morgan fingerprint density at radius 1 is 1.16 bits per heavy atom. The van der Waals surface area contributed by atoms with Crippen LogP contribution >= 0.6 is 0 Å². The Balaban J connectivity index is 1.24. The quantitative estimate of drug-likeness (QED) is 0.252. The zero-order valence-electron chi connectivity index (χ0n) is 24.0. The first kappa shape index (κ1) is 30.3. The lowest BCUT2D eigenvalue weighted by Gasteiger charge is -2.61. The van der Waals surface area contributed by atoms with Gasteiger partial charge in [-0.25, -0.2) is 4.79 Å². The number of benzene rings is 1. The van der Waals surface area contributed by atoms with Gasteiger partial charge < -0.3 is 44.5 Å². The zero-order chi connectivity index (χ0) is 31.3. The van der Waals surface area contributed by atoms with Crippen LogP contribution in [0.15, 0.2) is 24.0 Å². The first-order chi connectivity index (χ1) is 20.3. The summed E-state index contributed by atoms with van der Waals surface area (Å²) in [5, 5.41) is 32.1. The van der Waals surface area contributed by atoms with Crippen molar-refractivity contribution in [3.05, 3.63) is 35.1 Å². The smallest absolute Gasteiger partial charge is 0.326 e. The molecule has 14 nitrogen and oxygen atoms in total. The molecule has 43 heavy (non-hydrogen) atoms. The van der Waals surface area contributed by atoms with Gasteiger partial charge >= 0.3 is 23.9 Å². The van der Waals surface area contributed by atoms with Crippen LogP contribution in [0, 0.1) is 0 Å². The van der Waals surface area contributed by atoms with Crippen LogP contribution in [0.1, 0.15) is 50.2 Å². The second-order valence-electron chi connectivity index (χ2n) is 11.4. The predicted octanol–water partition coefficient (Wildman–Crippen LogP) is 0.272. The summed E-state index contributed by atoms with van der Waals surface area (Å²) in [6.45, 7) is 1.89. The van der Waals surface area contributed by atoms with E-state index in [1.807, 2.05) is 24.5 Å². The maximum Gasteiger partial charge on any atom is 0.326 e. The molecule has 0 aromatic heterocycles. The van der Waals surface area contributed by atoms with Crippen molar-refractivity contribution in [1.29, 1.82) is 0 Å². The van der Waals surface area contributed by atoms with Gasteiger partial charge in [-0.15, -0.1) is 0 Å². The number of aliphatic hydroxyl groups is 1. The van der Waals surface area contributed by atoms with E-state index in [-0.39, 0.29) is 18.2 Å². The molecule has 2 heterocycles. The van der Waals surface area contributed by atoms with Crippen LogP contribution in [0.25, 0.3) is 0 Å². The summed E-state index contributed by atoms with van der Waals surface area (Å²) in [6.07, 6.45) is -0.824. The number of aliphatic carboxylic acids is 2. The summed E-state index contributed by atoms with van der Waals surface area (Å²) in [6, 6.07) is 1.95. The van der Waals surface area contributed by atoms with Gasteiger partial charge in [0.25, 0.3) is 5.91 Å². The van der Waals surface area contributed by atoms with Gasteiger partial charge in [0.05, 0.1) is 37.4 Å². The minimum Gasteiger partial charge on any atom is -0.493 e. The normalized spacial score (nSPS) is 27.9. The molecule has 2 aliphatic carbocycles. The van der Waals surface area contributed by atoms with Gasteiger partial charge in [-0.1, -0.05) is 6.07 Å². The van der Waals surface area contributed by atoms with E-state index in [1.165, 1.54) is 14.0 Å². The second kappa shape index (κ2) is 11.2. The molecule has 2 bridgehead atoms. The van der Waals surface area contributed by atoms with E-state index in [0.717, 1.165) is 11.1 Å². The number of carbonyl (C=O) groups excluding carboxylic acids is 3. The van der Waals surface area contributed by atoms with Crippen LogP contribution in [0.4, 0.5) is 0 Å². The van der Waals surface area contributed by atoms with Crippen molar-refractivity contribution in [2.45, 2.75) is 80.8 Å². The Morgan fingerprint density at radius 3 is 2.56 bits per heavy atom. The summed E-state index contributed by atoms with van der Waals surface area (Å²) >= 11 is 0. The second-order valence-corrected chi connectivity index (χ2v) is 11.4. The molecule has 1 aromatic carbocycles. The van der Waals surface area contributed by atoms with E-state index in [2.05, 4.69) is 4.90 Å². The predicted molar refractivity (Wildman–Crippen MR) is 144 cm³/mol. The Bertz CT molecular complexity index is 1410. The van der Waals surface area contributed by atoms with Crippen LogP contribution in [0.2, 0.25) is 0 Å². The topological polar surface area (TPSA) is 198 Å². The van der Waals surface area contributed by atoms with Crippen molar-refractivity contribution in [2.75, 3.05) is 20.7 Å². The summed E-state index contributed by atoms with van der Waals surface area (Å²) in [5.41, 5.74) is -0.0989. The molecule has 0 unspecified atom stereocenters. The number of nitrogens with zero attached hydrogens (tertiary/aromatic N) is 1. The van der Waals surface area contributed by atoms with E-state index in [1.54, 1.807) is 6.08 Å². The van der Waals surface area contributed by atoms with Crippen molar-refractivity contribution < 1.29 is 58.2 Å². The molecule has 4 N–H and O–H groups in total. The van der Waals surface area contributed by atoms with Gasteiger partial charge in [-0.05, 0) is 51.1 Å². The molecule has 1 spiro atoms. The van der Waals surface area contributed by atoms with Gasteiger partial charge in [0.15, 0.2) is 23.7 Å². The largest absolute Gasteiger partial charge is 0.493 e. The van der Waals surface area contributed by atoms with Crippen LogP contribution in [0.3, 0.4) is 0 Å². The fourth-order valence-corrected chi connectivity index (χ4v) is 6.95. The standard InChI is InChI=1S/C29H34N2O12/c1-14(26(36)30-16(27(37)38)13-20(32)33)41-21(34)6-7-22(35)42-18-8-9-29(39)19-12-15-4-5-17(40-3)24-23(15)28(29,25(18)43-24)10-11-31(19)2/h4-5,8,14,16,19,25,39H,6-7,9-13H2,1-3H3,(H,30,36)(H,32,33)(H,37,38)/t14-,16-,19-,25-,28-,29+/m0/s1. The van der Waals surface area contributed by atoms with Crippen LogP contribution in [0.5, 0.6) is 11.5 Å². The SMILES string of the molecule is COc1ccc2c3c1O[C@H]1C(OC(=O)CCC(=O)O[C@@H](C)C(=O)N[C@@H](CC(=O)O)C(=O)O)=CC[C@@]4(O)[C@H](C2)N(C)CC[C@]314. The highest BCUT2D eigenvalue weighted by molar-refractivity contribution is 5.90. The number of carbonyl (C=O) groups is 5. The molecule has 0 saturated carbocycles. The number of amides is 1. The van der Waals surface area contributed by atoms with Crippen molar-refractivity contribution in [2.24, 2.45) is 0 Å². The minimum absolute atomic E-state index is 0.170. The molecule has 2 aliphatic heterocycles. The van der Waals surface area contributed by atoms with Crippen LogP contribution in [-0.4, -0.2) is 101 Å². The van der Waals surface area contributed by atoms with Crippen molar-refractivity contribution >= 4 is 29.8 Å². The third-order valence-corrected chi connectivity index (χ3v) is 8.99. The molecular formula is C29H34N2O12. The van der Waals surface area contributed by atoms with Gasteiger partial charge in [0.1, 0.15) is 11.8 Å². The van der Waals surface area contributed by atoms with Crippen LogP contribution < -0.4 is 14.8 Å². The van der Waals surface area contributed by atoms with Gasteiger partial charge in [0.2, 0.25) is 0 Å². The molecule has 0 radical (unpaired) electrons. The third kappa shape index (κ3) is 4.97. The number of hydrogen-bond donors (Lipinski definition) is 4. The van der Waals surface area contributed by atoms with E-state index < -0.39 is 78.3 Å². The fourth-order valence-electron chi connectivity index (χ4n) is 6.95. The molecule has 6 atom stereocenters. The zero-order valence-corrected chi connectivity index (χ0v) is 24.0. The number of carboxylic acid groups (broad SMARTS) is 2. The molecule has 5 rings (SSSR count). The number of ether oxygens (including phenoxy) is 4. The van der Waals surface area contributed by atoms with Gasteiger partial charge in [0, 0.05) is 18.0 Å². The molecule has 232 valence electrons. The highest BCUT2D eigenvalue weighted by Gasteiger charge is 2.72. The molecule has 1 aromatic rings. The number of hydrogen-bond acceptors (Lipinski definition) is 11. The van der Waals surface area contributed by atoms with Crippen molar-refractivity contribution in [1.82, 2.24) is 10.2 Å². The number of methoxy groups -OCH3 is 1. The highest BCUT2D eigenvalue weighted by Crippen LogP contribution is 2.65. The number of likely N-dealkylation sites (N-methyl/N-ethyl adjacent to an activating group) is 1. The number of esters is 2. The Kier molecular flexibility index (Phi) is 7.86. The maximum absolute atomic E-state index is 12.9. The third-order valence-electron chi connectivity index (χ3n) is 8.99. The van der Waals surface area contributed by atoms with Crippen molar-refractivity contribution in [3.63, 3.8) is 0 Å². The molecule has 1 fully saturated rings. The number of carboxylic acids is 2. The highest BCUT2D eigenvalue weighted by atomic mass is 16.6. The lowest BCUT2D eigenvalue weighted by atomic mass is 9.50. The van der Waals surface area contributed by atoms with Gasteiger partial charge in [-0.2, -0.15) is 0 Å². The number of piperidine rings is 1. The van der Waals surface area contributed by atoms with Crippen LogP contribution in [-0.2, 0) is 45.3 Å². The Morgan fingerprint density at radius 2 is 1.88 bits per heavy atom. The summed E-state index contributed by atoms with van der Waals surface area (Å²) in [5.74, 6) is -4.37. The summed E-state index contributed by atoms with van der Waals surface area (Å²) in [4.78, 5) is 61.6. The average Bonchev–Trinajstić information content (AvgIpc) is 3.30. The molecular weight excluding hydrogens is 568 g/mol. The lowest BCUT2D eigenvalue weighted by Crippen LogP contribution is -2.74.